The molecule has 0 bridgehead atoms. The van der Waals surface area contributed by atoms with Crippen LogP contribution in [0.15, 0.2) is 0 Å². The molecule has 0 N–H and O–H groups in total. The van der Waals surface area contributed by atoms with E-state index in [-0.39, 0.29) is 0 Å². The molecule has 0 aliphatic rings. The summed E-state index contributed by atoms with van der Waals surface area (Å²) in [6, 6.07) is 0. The second kappa shape index (κ2) is 12.0. The first-order valence-electron chi connectivity index (χ1n) is 6.64. The Bertz CT molecular complexity index is 184. The highest BCUT2D eigenvalue weighted by Gasteiger charge is 2.06. The highest BCUT2D eigenvalue weighted by atomic mass is 35.5. The number of carbonyl (C=O) groups is 1. The number of alkyl halides is 1. The summed E-state index contributed by atoms with van der Waals surface area (Å²) in [5.74, 6) is 0. The molecular formula is C13H25ClO3. The van der Waals surface area contributed by atoms with Crippen LogP contribution < -0.4 is 0 Å². The molecule has 0 aliphatic heterocycles. The van der Waals surface area contributed by atoms with Gasteiger partial charge in [-0.3, -0.25) is 0 Å². The molecule has 1 unspecified atom stereocenters. The van der Waals surface area contributed by atoms with Crippen molar-refractivity contribution in [3.05, 3.63) is 0 Å². The Morgan fingerprint density at radius 3 is 2.12 bits per heavy atom. The van der Waals surface area contributed by atoms with Gasteiger partial charge in [0.15, 0.2) is 5.56 Å². The van der Waals surface area contributed by atoms with E-state index < -0.39 is 11.7 Å². The maximum atomic E-state index is 10.9. The molecule has 0 aromatic rings. The SMILES string of the molecule is CCCCCCCCCCOC(=O)OC(C)Cl. The topological polar surface area (TPSA) is 35.5 Å². The molecule has 0 saturated carbocycles. The summed E-state index contributed by atoms with van der Waals surface area (Å²) in [6.45, 7) is 4.23. The molecule has 0 spiro atoms. The van der Waals surface area contributed by atoms with Gasteiger partial charge in [-0.1, -0.05) is 63.5 Å². The Labute approximate surface area is 110 Å². The largest absolute Gasteiger partial charge is 0.509 e. The number of rotatable bonds is 10. The van der Waals surface area contributed by atoms with Gasteiger partial charge < -0.3 is 9.47 Å². The van der Waals surface area contributed by atoms with Gasteiger partial charge in [0.05, 0.1) is 6.61 Å². The summed E-state index contributed by atoms with van der Waals surface area (Å²) < 4.78 is 9.48. The van der Waals surface area contributed by atoms with Gasteiger partial charge >= 0.3 is 6.16 Å². The van der Waals surface area contributed by atoms with Crippen LogP contribution in [0.4, 0.5) is 4.79 Å². The first kappa shape index (κ1) is 16.6. The van der Waals surface area contributed by atoms with Gasteiger partial charge in [0.1, 0.15) is 0 Å². The van der Waals surface area contributed by atoms with Crippen molar-refractivity contribution in [2.75, 3.05) is 6.61 Å². The smallest absolute Gasteiger partial charge is 0.434 e. The van der Waals surface area contributed by atoms with E-state index in [0.717, 1.165) is 12.8 Å². The van der Waals surface area contributed by atoms with Crippen molar-refractivity contribution in [3.8, 4) is 0 Å². The molecule has 0 aromatic carbocycles. The average Bonchev–Trinajstić information content (AvgIpc) is 2.26. The lowest BCUT2D eigenvalue weighted by Crippen LogP contribution is -2.12. The fourth-order valence-electron chi connectivity index (χ4n) is 1.56. The van der Waals surface area contributed by atoms with Crippen LogP contribution in [0.3, 0.4) is 0 Å². The molecule has 3 nitrogen and oxygen atoms in total. The number of carbonyl (C=O) groups excluding carboxylic acids is 1. The second-order valence-corrected chi connectivity index (χ2v) is 4.85. The summed E-state index contributed by atoms with van der Waals surface area (Å²) in [5, 5.41) is 0. The van der Waals surface area contributed by atoms with E-state index in [4.69, 9.17) is 16.3 Å². The van der Waals surface area contributed by atoms with Crippen molar-refractivity contribution in [1.29, 1.82) is 0 Å². The summed E-state index contributed by atoms with van der Waals surface area (Å²) in [5.41, 5.74) is -0.624. The standard InChI is InChI=1S/C13H25ClO3/c1-3-4-5-6-7-8-9-10-11-16-13(15)17-12(2)14/h12H,3-11H2,1-2H3. The number of hydrogen-bond acceptors (Lipinski definition) is 3. The summed E-state index contributed by atoms with van der Waals surface area (Å²) in [4.78, 5) is 10.9. The Kier molecular flexibility index (Phi) is 11.7. The van der Waals surface area contributed by atoms with Crippen LogP contribution in [0.1, 0.15) is 65.2 Å². The van der Waals surface area contributed by atoms with Crippen molar-refractivity contribution in [3.63, 3.8) is 0 Å². The van der Waals surface area contributed by atoms with E-state index in [1.165, 1.54) is 38.5 Å². The molecule has 102 valence electrons. The van der Waals surface area contributed by atoms with E-state index in [2.05, 4.69) is 11.7 Å². The average molecular weight is 265 g/mol. The zero-order valence-corrected chi connectivity index (χ0v) is 11.8. The third kappa shape index (κ3) is 13.5. The summed E-state index contributed by atoms with van der Waals surface area (Å²) in [6.07, 6.45) is 9.12. The third-order valence-corrected chi connectivity index (χ3v) is 2.57. The molecule has 0 amide bonds. The third-order valence-electron chi connectivity index (χ3n) is 2.48. The monoisotopic (exact) mass is 264 g/mol. The first-order valence-corrected chi connectivity index (χ1v) is 7.08. The Balaban J connectivity index is 3.10. The van der Waals surface area contributed by atoms with Gasteiger partial charge in [-0.05, 0) is 13.3 Å². The first-order chi connectivity index (χ1) is 8.16. The van der Waals surface area contributed by atoms with Gasteiger partial charge in [-0.25, -0.2) is 4.79 Å². The number of hydrogen-bond donors (Lipinski definition) is 0. The Morgan fingerprint density at radius 2 is 1.59 bits per heavy atom. The molecule has 0 rings (SSSR count). The van der Waals surface area contributed by atoms with Crippen molar-refractivity contribution in [2.24, 2.45) is 0 Å². The van der Waals surface area contributed by atoms with E-state index in [0.29, 0.717) is 6.61 Å². The van der Waals surface area contributed by atoms with Gasteiger partial charge in [-0.2, -0.15) is 0 Å². The zero-order valence-electron chi connectivity index (χ0n) is 11.0. The molecular weight excluding hydrogens is 240 g/mol. The molecule has 17 heavy (non-hydrogen) atoms. The fraction of sp³-hybridized carbons (Fsp3) is 0.923. The van der Waals surface area contributed by atoms with Gasteiger partial charge in [0.2, 0.25) is 0 Å². The molecule has 0 aromatic heterocycles. The van der Waals surface area contributed by atoms with Crippen LogP contribution in [0, 0.1) is 0 Å². The van der Waals surface area contributed by atoms with E-state index in [9.17, 15) is 4.79 Å². The van der Waals surface area contributed by atoms with Crippen LogP contribution in [0.2, 0.25) is 0 Å². The van der Waals surface area contributed by atoms with E-state index >= 15 is 0 Å². The van der Waals surface area contributed by atoms with Crippen molar-refractivity contribution >= 4 is 17.8 Å². The number of unbranched alkanes of at least 4 members (excludes halogenated alkanes) is 7. The molecule has 0 fully saturated rings. The molecule has 0 radical (unpaired) electrons. The molecule has 0 heterocycles. The van der Waals surface area contributed by atoms with Gasteiger partial charge in [0, 0.05) is 0 Å². The molecule has 0 saturated heterocycles. The zero-order chi connectivity index (χ0) is 12.9. The number of halogens is 1. The van der Waals surface area contributed by atoms with E-state index in [1.807, 2.05) is 0 Å². The van der Waals surface area contributed by atoms with Crippen LogP contribution in [0.25, 0.3) is 0 Å². The maximum Gasteiger partial charge on any atom is 0.509 e. The lowest BCUT2D eigenvalue weighted by Gasteiger charge is -2.07. The molecule has 1 atom stereocenters. The minimum absolute atomic E-state index is 0.428. The van der Waals surface area contributed by atoms with Crippen LogP contribution in [0.5, 0.6) is 0 Å². The minimum Gasteiger partial charge on any atom is -0.434 e. The van der Waals surface area contributed by atoms with Crippen LogP contribution >= 0.6 is 11.6 Å². The lowest BCUT2D eigenvalue weighted by atomic mass is 10.1. The fourth-order valence-corrected chi connectivity index (χ4v) is 1.63. The van der Waals surface area contributed by atoms with Crippen molar-refractivity contribution in [2.45, 2.75) is 70.8 Å². The maximum absolute atomic E-state index is 10.9. The normalized spacial score (nSPS) is 12.2. The molecule has 0 aliphatic carbocycles. The van der Waals surface area contributed by atoms with Crippen molar-refractivity contribution < 1.29 is 14.3 Å². The predicted octanol–water partition coefficient (Wildman–Crippen LogP) is 4.87. The summed E-state index contributed by atoms with van der Waals surface area (Å²) in [7, 11) is 0. The predicted molar refractivity (Wildman–Crippen MR) is 70.4 cm³/mol. The van der Waals surface area contributed by atoms with Crippen molar-refractivity contribution in [1.82, 2.24) is 0 Å². The molecule has 4 heteroatoms. The van der Waals surface area contributed by atoms with Gasteiger partial charge in [-0.15, -0.1) is 0 Å². The highest BCUT2D eigenvalue weighted by molar-refractivity contribution is 6.19. The Hall–Kier alpha value is -0.440. The quantitative estimate of drug-likeness (QED) is 0.321. The van der Waals surface area contributed by atoms with Gasteiger partial charge in [0.25, 0.3) is 0 Å². The lowest BCUT2D eigenvalue weighted by molar-refractivity contribution is 0.0486. The van der Waals surface area contributed by atoms with Crippen LogP contribution in [-0.2, 0) is 9.47 Å². The highest BCUT2D eigenvalue weighted by Crippen LogP contribution is 2.08. The van der Waals surface area contributed by atoms with Crippen LogP contribution in [-0.4, -0.2) is 18.3 Å². The second-order valence-electron chi connectivity index (χ2n) is 4.23. The number of ether oxygens (including phenoxy) is 2. The minimum atomic E-state index is -0.671. The summed E-state index contributed by atoms with van der Waals surface area (Å²) >= 11 is 5.47. The Morgan fingerprint density at radius 1 is 1.06 bits per heavy atom. The van der Waals surface area contributed by atoms with E-state index in [1.54, 1.807) is 6.92 Å².